The van der Waals surface area contributed by atoms with Crippen molar-refractivity contribution in [3.63, 3.8) is 0 Å². The van der Waals surface area contributed by atoms with Crippen molar-refractivity contribution in [2.75, 3.05) is 6.54 Å². The summed E-state index contributed by atoms with van der Waals surface area (Å²) in [7, 11) is 0. The lowest BCUT2D eigenvalue weighted by Gasteiger charge is -2.17. The molecule has 1 aliphatic heterocycles. The summed E-state index contributed by atoms with van der Waals surface area (Å²) in [5, 5.41) is 21.6. The summed E-state index contributed by atoms with van der Waals surface area (Å²) in [6.07, 6.45) is -3.26. The maximum atomic E-state index is 10.6. The summed E-state index contributed by atoms with van der Waals surface area (Å²) in [5.74, 6) is -0.558. The van der Waals surface area contributed by atoms with Crippen LogP contribution >= 0.6 is 0 Å². The van der Waals surface area contributed by atoms with Gasteiger partial charge in [0, 0.05) is 4.91 Å². The molecule has 13 heavy (non-hydrogen) atoms. The molecule has 0 aromatic carbocycles. The van der Waals surface area contributed by atoms with Crippen LogP contribution in [0.4, 0.5) is 0 Å². The average Bonchev–Trinajstić information content (AvgIpc) is 2.41. The van der Waals surface area contributed by atoms with Crippen LogP contribution in [-0.2, 0) is 9.53 Å². The number of carbonyl (C=O) groups is 1. The van der Waals surface area contributed by atoms with Crippen LogP contribution in [0.25, 0.3) is 10.4 Å². The summed E-state index contributed by atoms with van der Waals surface area (Å²) >= 11 is 0. The van der Waals surface area contributed by atoms with Gasteiger partial charge in [-0.3, -0.25) is 4.79 Å². The van der Waals surface area contributed by atoms with Crippen molar-refractivity contribution in [1.82, 2.24) is 0 Å². The number of aliphatic hydroxyl groups is 2. The molecule has 1 heterocycles. The van der Waals surface area contributed by atoms with Crippen molar-refractivity contribution < 1.29 is 19.7 Å². The molecule has 1 saturated heterocycles. The largest absolute Gasteiger partial charge is 0.457 e. The minimum absolute atomic E-state index is 0.127. The standard InChI is InChI=1S/C6H9N3O4/c7-9-8-2-4(11)6-3(10)1-5(12)13-6/h3-4,6,10-11H,1-2H2/t3-,4-,6+/m1/s1. The van der Waals surface area contributed by atoms with Gasteiger partial charge in [0.15, 0.2) is 6.10 Å². The number of cyclic esters (lactones) is 1. The lowest BCUT2D eigenvalue weighted by Crippen LogP contribution is -2.36. The molecule has 0 radical (unpaired) electrons. The van der Waals surface area contributed by atoms with Gasteiger partial charge in [0.25, 0.3) is 0 Å². The first-order valence-corrected chi connectivity index (χ1v) is 3.71. The lowest BCUT2D eigenvalue weighted by molar-refractivity contribution is -0.146. The fourth-order valence-electron chi connectivity index (χ4n) is 1.12. The van der Waals surface area contributed by atoms with E-state index in [0.29, 0.717) is 0 Å². The third kappa shape index (κ3) is 2.32. The molecule has 0 amide bonds. The zero-order valence-corrected chi connectivity index (χ0v) is 6.70. The van der Waals surface area contributed by atoms with E-state index in [9.17, 15) is 15.0 Å². The van der Waals surface area contributed by atoms with E-state index >= 15 is 0 Å². The number of hydrogen-bond acceptors (Lipinski definition) is 5. The zero-order chi connectivity index (χ0) is 9.84. The van der Waals surface area contributed by atoms with Gasteiger partial charge in [-0.15, -0.1) is 0 Å². The van der Waals surface area contributed by atoms with Gasteiger partial charge in [0.05, 0.1) is 19.1 Å². The van der Waals surface area contributed by atoms with Crippen LogP contribution in [0.15, 0.2) is 5.11 Å². The molecule has 72 valence electrons. The van der Waals surface area contributed by atoms with Gasteiger partial charge < -0.3 is 14.9 Å². The molecule has 0 bridgehead atoms. The maximum absolute atomic E-state index is 10.6. The molecule has 1 aliphatic rings. The molecule has 7 nitrogen and oxygen atoms in total. The van der Waals surface area contributed by atoms with E-state index < -0.39 is 24.3 Å². The number of hydrogen-bond donors (Lipinski definition) is 2. The van der Waals surface area contributed by atoms with Crippen LogP contribution < -0.4 is 0 Å². The Bertz CT molecular complexity index is 250. The molecule has 7 heteroatoms. The van der Waals surface area contributed by atoms with Crippen molar-refractivity contribution >= 4 is 5.97 Å². The fraction of sp³-hybridized carbons (Fsp3) is 0.833. The third-order valence-electron chi connectivity index (χ3n) is 1.73. The first-order valence-electron chi connectivity index (χ1n) is 3.71. The van der Waals surface area contributed by atoms with Gasteiger partial charge in [-0.25, -0.2) is 0 Å². The highest BCUT2D eigenvalue weighted by Gasteiger charge is 2.37. The molecule has 1 fully saturated rings. The number of ether oxygens (including phenoxy) is 1. The van der Waals surface area contributed by atoms with E-state index in [2.05, 4.69) is 14.8 Å². The van der Waals surface area contributed by atoms with Crippen LogP contribution in [0, 0.1) is 0 Å². The van der Waals surface area contributed by atoms with Crippen LogP contribution in [-0.4, -0.2) is 41.0 Å². The molecular formula is C6H9N3O4. The first kappa shape index (κ1) is 9.79. The van der Waals surface area contributed by atoms with Crippen LogP contribution in [0.2, 0.25) is 0 Å². The van der Waals surface area contributed by atoms with Crippen LogP contribution in [0.5, 0.6) is 0 Å². The monoisotopic (exact) mass is 187 g/mol. The molecule has 0 spiro atoms. The van der Waals surface area contributed by atoms with Gasteiger partial charge >= 0.3 is 5.97 Å². The molecule has 2 N–H and O–H groups in total. The minimum atomic E-state index is -1.14. The van der Waals surface area contributed by atoms with Gasteiger partial charge in [0.2, 0.25) is 0 Å². The number of rotatable bonds is 3. The van der Waals surface area contributed by atoms with Gasteiger partial charge in [-0.05, 0) is 5.53 Å². The number of aliphatic hydroxyl groups excluding tert-OH is 2. The smallest absolute Gasteiger partial charge is 0.309 e. The molecule has 0 aromatic rings. The van der Waals surface area contributed by atoms with Crippen molar-refractivity contribution in [2.45, 2.75) is 24.7 Å². The van der Waals surface area contributed by atoms with Crippen LogP contribution in [0.3, 0.4) is 0 Å². The molecular weight excluding hydrogens is 178 g/mol. The highest BCUT2D eigenvalue weighted by Crippen LogP contribution is 2.18. The Morgan fingerprint density at radius 3 is 3.00 bits per heavy atom. The second-order valence-corrected chi connectivity index (χ2v) is 2.71. The Labute approximate surface area is 73.6 Å². The normalized spacial score (nSPS) is 29.2. The minimum Gasteiger partial charge on any atom is -0.457 e. The summed E-state index contributed by atoms with van der Waals surface area (Å²) in [4.78, 5) is 13.1. The summed E-state index contributed by atoms with van der Waals surface area (Å²) < 4.78 is 4.61. The van der Waals surface area contributed by atoms with E-state index in [1.165, 1.54) is 0 Å². The van der Waals surface area contributed by atoms with E-state index in [4.69, 9.17) is 5.53 Å². The fourth-order valence-corrected chi connectivity index (χ4v) is 1.12. The Balaban J connectivity index is 2.51. The van der Waals surface area contributed by atoms with Crippen LogP contribution in [0.1, 0.15) is 6.42 Å². The third-order valence-corrected chi connectivity index (χ3v) is 1.73. The first-order chi connectivity index (χ1) is 6.15. The summed E-state index contributed by atoms with van der Waals surface area (Å²) in [6, 6.07) is 0. The van der Waals surface area contributed by atoms with E-state index in [0.717, 1.165) is 0 Å². The average molecular weight is 187 g/mol. The van der Waals surface area contributed by atoms with Crippen molar-refractivity contribution in [2.24, 2.45) is 5.11 Å². The summed E-state index contributed by atoms with van der Waals surface area (Å²) in [6.45, 7) is -0.217. The molecule has 0 aliphatic carbocycles. The highest BCUT2D eigenvalue weighted by molar-refractivity contribution is 5.72. The molecule has 0 aromatic heterocycles. The predicted molar refractivity (Wildman–Crippen MR) is 40.5 cm³/mol. The molecule has 3 atom stereocenters. The Kier molecular flexibility index (Phi) is 3.07. The van der Waals surface area contributed by atoms with E-state index in [-0.39, 0.29) is 13.0 Å². The highest BCUT2D eigenvalue weighted by atomic mass is 16.6. The lowest BCUT2D eigenvalue weighted by atomic mass is 10.1. The molecule has 0 unspecified atom stereocenters. The summed E-state index contributed by atoms with van der Waals surface area (Å²) in [5.41, 5.74) is 7.95. The second kappa shape index (κ2) is 4.08. The van der Waals surface area contributed by atoms with Crippen molar-refractivity contribution in [3.05, 3.63) is 10.4 Å². The van der Waals surface area contributed by atoms with E-state index in [1.54, 1.807) is 0 Å². The SMILES string of the molecule is [N-]=[N+]=NC[C@@H](O)[C@H]1OC(=O)C[C@H]1O. The Morgan fingerprint density at radius 1 is 1.85 bits per heavy atom. The Hall–Kier alpha value is -1.30. The second-order valence-electron chi connectivity index (χ2n) is 2.71. The van der Waals surface area contributed by atoms with Crippen molar-refractivity contribution in [1.29, 1.82) is 0 Å². The number of carbonyl (C=O) groups excluding carboxylic acids is 1. The van der Waals surface area contributed by atoms with Gasteiger partial charge in [-0.1, -0.05) is 5.11 Å². The van der Waals surface area contributed by atoms with Gasteiger partial charge in [0.1, 0.15) is 6.10 Å². The molecule has 0 saturated carbocycles. The maximum Gasteiger partial charge on any atom is 0.309 e. The predicted octanol–water partition coefficient (Wildman–Crippen LogP) is -0.666. The topological polar surface area (TPSA) is 116 Å². The number of nitrogens with zero attached hydrogens (tertiary/aromatic N) is 3. The van der Waals surface area contributed by atoms with Gasteiger partial charge in [-0.2, -0.15) is 0 Å². The quantitative estimate of drug-likeness (QED) is 0.264. The zero-order valence-electron chi connectivity index (χ0n) is 6.70. The number of azide groups is 1. The van der Waals surface area contributed by atoms with Crippen molar-refractivity contribution in [3.8, 4) is 0 Å². The Morgan fingerprint density at radius 2 is 2.54 bits per heavy atom. The van der Waals surface area contributed by atoms with E-state index in [1.807, 2.05) is 0 Å². The molecule has 1 rings (SSSR count). The number of esters is 1.